The molecule has 1 aliphatic carbocycles. The molecule has 0 amide bonds. The maximum atomic E-state index is 4.80. The Labute approximate surface area is 84.6 Å². The molecule has 13 heavy (non-hydrogen) atoms. The van der Waals surface area contributed by atoms with E-state index in [4.69, 9.17) is 4.99 Å². The molecular formula is C10H18N2S. The predicted octanol–water partition coefficient (Wildman–Crippen LogP) is 2.40. The molecule has 2 fully saturated rings. The summed E-state index contributed by atoms with van der Waals surface area (Å²) in [5.74, 6) is 1.14. The van der Waals surface area contributed by atoms with E-state index in [0.29, 0.717) is 5.54 Å². The highest BCUT2D eigenvalue weighted by Gasteiger charge is 2.42. The average Bonchev–Trinajstić information content (AvgIpc) is 2.74. The van der Waals surface area contributed by atoms with E-state index in [0.717, 1.165) is 5.75 Å². The Kier molecular flexibility index (Phi) is 2.10. The second-order valence-electron chi connectivity index (χ2n) is 4.79. The summed E-state index contributed by atoms with van der Waals surface area (Å²) < 4.78 is 0. The van der Waals surface area contributed by atoms with Gasteiger partial charge in [-0.15, -0.1) is 0 Å². The largest absolute Gasteiger partial charge is 0.359 e. The van der Waals surface area contributed by atoms with Crippen LogP contribution in [-0.4, -0.2) is 22.0 Å². The number of nitrogens with zero attached hydrogens (tertiary/aromatic N) is 1. The summed E-state index contributed by atoms with van der Waals surface area (Å²) in [6, 6.07) is 0. The molecule has 3 heteroatoms. The van der Waals surface area contributed by atoms with Gasteiger partial charge >= 0.3 is 0 Å². The summed E-state index contributed by atoms with van der Waals surface area (Å²) in [4.78, 5) is 4.80. The molecule has 0 bridgehead atoms. The Morgan fingerprint density at radius 1 is 1.46 bits per heavy atom. The molecule has 0 aromatic rings. The Hall–Kier alpha value is -0.180. The summed E-state index contributed by atoms with van der Waals surface area (Å²) in [5.41, 5.74) is 0.572. The number of amidine groups is 1. The maximum Gasteiger partial charge on any atom is 0.157 e. The van der Waals surface area contributed by atoms with Crippen molar-refractivity contribution in [2.24, 2.45) is 4.99 Å². The Morgan fingerprint density at radius 2 is 2.15 bits per heavy atom. The summed E-state index contributed by atoms with van der Waals surface area (Å²) in [6.07, 6.45) is 3.77. The van der Waals surface area contributed by atoms with Gasteiger partial charge in [0.25, 0.3) is 0 Å². The highest BCUT2D eigenvalue weighted by Crippen LogP contribution is 2.43. The average molecular weight is 198 g/mol. The first-order valence-electron chi connectivity index (χ1n) is 5.06. The van der Waals surface area contributed by atoms with Crippen molar-refractivity contribution in [3.8, 4) is 0 Å². The van der Waals surface area contributed by atoms with E-state index in [-0.39, 0.29) is 5.54 Å². The molecule has 1 N–H and O–H groups in total. The molecule has 0 spiro atoms. The van der Waals surface area contributed by atoms with E-state index in [9.17, 15) is 0 Å². The van der Waals surface area contributed by atoms with Gasteiger partial charge in [-0.25, -0.2) is 0 Å². The highest BCUT2D eigenvalue weighted by atomic mass is 32.2. The van der Waals surface area contributed by atoms with Gasteiger partial charge < -0.3 is 5.32 Å². The number of aliphatic imine (C=N–C) groups is 1. The molecule has 0 aromatic carbocycles. The highest BCUT2D eigenvalue weighted by molar-refractivity contribution is 8.14. The molecule has 0 aromatic heterocycles. The van der Waals surface area contributed by atoms with Gasteiger partial charge in [-0.1, -0.05) is 18.7 Å². The Bertz CT molecular complexity index is 241. The first kappa shape index (κ1) is 9.38. The monoisotopic (exact) mass is 198 g/mol. The first-order chi connectivity index (χ1) is 6.05. The quantitative estimate of drug-likeness (QED) is 0.737. The van der Waals surface area contributed by atoms with Crippen LogP contribution in [0.3, 0.4) is 0 Å². The van der Waals surface area contributed by atoms with E-state index >= 15 is 0 Å². The lowest BCUT2D eigenvalue weighted by atomic mass is 10.1. The van der Waals surface area contributed by atoms with Crippen LogP contribution >= 0.6 is 11.8 Å². The van der Waals surface area contributed by atoms with Crippen LogP contribution in [0, 0.1) is 0 Å². The van der Waals surface area contributed by atoms with Gasteiger partial charge in [-0.05, 0) is 33.1 Å². The smallest absolute Gasteiger partial charge is 0.157 e. The van der Waals surface area contributed by atoms with Gasteiger partial charge in [0.2, 0.25) is 0 Å². The number of thioether (sulfide) groups is 1. The molecule has 0 radical (unpaired) electrons. The number of nitrogens with one attached hydrogen (secondary N) is 1. The third kappa shape index (κ3) is 2.01. The lowest BCUT2D eigenvalue weighted by Gasteiger charge is -2.16. The summed E-state index contributed by atoms with van der Waals surface area (Å²) in [5, 5.41) is 4.64. The van der Waals surface area contributed by atoms with Gasteiger partial charge in [0.15, 0.2) is 5.17 Å². The van der Waals surface area contributed by atoms with E-state index in [1.54, 1.807) is 0 Å². The third-order valence-corrected chi connectivity index (χ3v) is 4.17. The van der Waals surface area contributed by atoms with E-state index < -0.39 is 0 Å². The minimum Gasteiger partial charge on any atom is -0.359 e. The second kappa shape index (κ2) is 2.91. The van der Waals surface area contributed by atoms with Crippen LogP contribution in [0.4, 0.5) is 0 Å². The molecule has 0 atom stereocenters. The van der Waals surface area contributed by atoms with Gasteiger partial charge in [-0.2, -0.15) is 0 Å². The third-order valence-electron chi connectivity index (χ3n) is 2.84. The number of rotatable bonds is 2. The zero-order valence-corrected chi connectivity index (χ0v) is 9.50. The van der Waals surface area contributed by atoms with Gasteiger partial charge in [0.05, 0.1) is 5.54 Å². The van der Waals surface area contributed by atoms with Crippen molar-refractivity contribution in [2.75, 3.05) is 5.75 Å². The van der Waals surface area contributed by atoms with Crippen molar-refractivity contribution in [3.05, 3.63) is 0 Å². The molecule has 2 rings (SSSR count). The topological polar surface area (TPSA) is 24.4 Å². The molecule has 2 aliphatic rings. The lowest BCUT2D eigenvalue weighted by Crippen LogP contribution is -2.37. The van der Waals surface area contributed by atoms with E-state index in [2.05, 4.69) is 26.1 Å². The number of hydrogen-bond acceptors (Lipinski definition) is 2. The van der Waals surface area contributed by atoms with Crippen molar-refractivity contribution in [1.82, 2.24) is 5.32 Å². The summed E-state index contributed by atoms with van der Waals surface area (Å²) >= 11 is 1.87. The fraction of sp³-hybridized carbons (Fsp3) is 0.900. The van der Waals surface area contributed by atoms with Gasteiger partial charge in [-0.3, -0.25) is 4.99 Å². The van der Waals surface area contributed by atoms with Crippen molar-refractivity contribution in [2.45, 2.75) is 51.1 Å². The normalized spacial score (nSPS) is 31.8. The molecule has 74 valence electrons. The van der Waals surface area contributed by atoms with Crippen molar-refractivity contribution >= 4 is 16.9 Å². The van der Waals surface area contributed by atoms with Gasteiger partial charge in [0.1, 0.15) is 0 Å². The predicted molar refractivity (Wildman–Crippen MR) is 59.4 cm³/mol. The van der Waals surface area contributed by atoms with Crippen LogP contribution in [-0.2, 0) is 0 Å². The molecule has 2 nitrogen and oxygen atoms in total. The van der Waals surface area contributed by atoms with E-state index in [1.807, 2.05) is 11.8 Å². The minimum atomic E-state index is 0.243. The molecule has 1 heterocycles. The zero-order valence-electron chi connectivity index (χ0n) is 8.68. The first-order valence-corrected chi connectivity index (χ1v) is 6.05. The fourth-order valence-corrected chi connectivity index (χ4v) is 2.75. The summed E-state index contributed by atoms with van der Waals surface area (Å²) in [6.45, 7) is 6.70. The molecule has 1 saturated carbocycles. The van der Waals surface area contributed by atoms with Crippen LogP contribution in [0.15, 0.2) is 4.99 Å². The second-order valence-corrected chi connectivity index (χ2v) is 5.76. The maximum absolute atomic E-state index is 4.80. The van der Waals surface area contributed by atoms with Crippen molar-refractivity contribution in [3.63, 3.8) is 0 Å². The standard InChI is InChI=1S/C10H18N2S/c1-4-10(5-6-10)12-8-11-9(2,3)7-13-8/h4-7H2,1-3H3,(H,11,12). The van der Waals surface area contributed by atoms with Crippen molar-refractivity contribution < 1.29 is 0 Å². The minimum absolute atomic E-state index is 0.243. The lowest BCUT2D eigenvalue weighted by molar-refractivity contribution is 0.532. The number of hydrogen-bond donors (Lipinski definition) is 1. The Balaban J connectivity index is 2.03. The zero-order chi connectivity index (χ0) is 9.53. The Morgan fingerprint density at radius 3 is 2.54 bits per heavy atom. The van der Waals surface area contributed by atoms with Crippen molar-refractivity contribution in [1.29, 1.82) is 0 Å². The van der Waals surface area contributed by atoms with Crippen LogP contribution in [0.25, 0.3) is 0 Å². The van der Waals surface area contributed by atoms with Crippen LogP contribution in [0.5, 0.6) is 0 Å². The summed E-state index contributed by atoms with van der Waals surface area (Å²) in [7, 11) is 0. The molecule has 1 saturated heterocycles. The SMILES string of the molecule is CCC1(N=C2NC(C)(C)CS2)CC1. The molecule has 1 aliphatic heterocycles. The van der Waals surface area contributed by atoms with Crippen LogP contribution in [0.1, 0.15) is 40.0 Å². The fourth-order valence-electron chi connectivity index (χ4n) is 1.57. The van der Waals surface area contributed by atoms with Crippen LogP contribution in [0.2, 0.25) is 0 Å². The van der Waals surface area contributed by atoms with E-state index in [1.165, 1.54) is 24.4 Å². The van der Waals surface area contributed by atoms with Crippen LogP contribution < -0.4 is 5.32 Å². The molecular weight excluding hydrogens is 180 g/mol. The molecule has 0 unspecified atom stereocenters. The van der Waals surface area contributed by atoms with Gasteiger partial charge in [0, 0.05) is 11.3 Å².